The first kappa shape index (κ1) is 35.2. The molecule has 15 rings (SSSR count). The Kier molecular flexibility index (Phi) is 7.54. The van der Waals surface area contributed by atoms with Crippen LogP contribution in [0.2, 0.25) is 0 Å². The zero-order valence-electron chi connectivity index (χ0n) is 34.2. The van der Waals surface area contributed by atoms with Gasteiger partial charge in [0.2, 0.25) is 0 Å². The van der Waals surface area contributed by atoms with Crippen molar-refractivity contribution in [1.82, 2.24) is 29.9 Å². The molecule has 0 radical (unpaired) electrons. The average Bonchev–Trinajstić information content (AvgIpc) is 4.17. The van der Waals surface area contributed by atoms with Crippen molar-refractivity contribution in [3.05, 3.63) is 181 Å². The van der Waals surface area contributed by atoms with Crippen LogP contribution in [0.15, 0.2) is 170 Å². The van der Waals surface area contributed by atoms with Crippen molar-refractivity contribution in [2.24, 2.45) is 0 Å². The molecule has 0 amide bonds. The first-order valence-corrected chi connectivity index (χ1v) is 21.3. The van der Waals surface area contributed by atoms with Crippen molar-refractivity contribution in [1.29, 1.82) is 0 Å². The van der Waals surface area contributed by atoms with E-state index in [1.807, 2.05) is 36.4 Å². The lowest BCUT2D eigenvalue weighted by atomic mass is 10.0. The smallest absolute Gasteiger partial charge is 0.152 e. The third-order valence-corrected chi connectivity index (χ3v) is 12.9. The van der Waals surface area contributed by atoms with Crippen LogP contribution in [0.3, 0.4) is 0 Å². The zero-order valence-corrected chi connectivity index (χ0v) is 34.2. The van der Waals surface area contributed by atoms with Crippen LogP contribution in [0.4, 0.5) is 0 Å². The largest absolute Gasteiger partial charge is 0.354 e. The van der Waals surface area contributed by atoms with Crippen LogP contribution in [0.5, 0.6) is 0 Å². The molecule has 0 spiro atoms. The number of para-hydroxylation sites is 5. The van der Waals surface area contributed by atoms with Crippen LogP contribution in [0.25, 0.3) is 131 Å². The van der Waals surface area contributed by atoms with Gasteiger partial charge in [0.05, 0.1) is 5.52 Å². The van der Waals surface area contributed by atoms with Crippen LogP contribution in [0.1, 0.15) is 24.5 Å². The van der Waals surface area contributed by atoms with Gasteiger partial charge in [0, 0.05) is 139 Å². The van der Waals surface area contributed by atoms with Crippen molar-refractivity contribution in [3.63, 3.8) is 0 Å². The minimum Gasteiger partial charge on any atom is -0.354 e. The Labute approximate surface area is 367 Å². The Balaban J connectivity index is 0.000000147. The quantitative estimate of drug-likeness (QED) is 0.0910. The first-order chi connectivity index (χ1) is 31.1. The summed E-state index contributed by atoms with van der Waals surface area (Å²) < 4.78 is 0. The van der Waals surface area contributed by atoms with Gasteiger partial charge in [-0.15, -0.1) is 0 Å². The van der Waals surface area contributed by atoms with Crippen LogP contribution in [-0.4, -0.2) is 36.2 Å². The van der Waals surface area contributed by atoms with Crippen LogP contribution < -0.4 is 0 Å². The molecule has 0 saturated heterocycles. The van der Waals surface area contributed by atoms with Crippen molar-refractivity contribution in [3.8, 4) is 0 Å². The van der Waals surface area contributed by atoms with E-state index >= 15 is 0 Å². The van der Waals surface area contributed by atoms with E-state index in [0.29, 0.717) is 0 Å². The molecule has 15 aromatic rings. The molecule has 0 fully saturated rings. The number of nitrogens with one attached hydrogen (secondary N) is 6. The number of carbonyl (C=O) groups is 1. The highest BCUT2D eigenvalue weighted by atomic mass is 16.1. The highest BCUT2D eigenvalue weighted by Crippen LogP contribution is 2.37. The molecule has 310 valence electrons. The van der Waals surface area contributed by atoms with Gasteiger partial charge in [0.25, 0.3) is 0 Å². The van der Waals surface area contributed by atoms with Gasteiger partial charge < -0.3 is 29.9 Å². The summed E-state index contributed by atoms with van der Waals surface area (Å²) in [6, 6.07) is 59.4. The van der Waals surface area contributed by atoms with Gasteiger partial charge >= 0.3 is 0 Å². The number of aromatic amines is 6. The highest BCUT2D eigenvalue weighted by Gasteiger charge is 2.16. The lowest BCUT2D eigenvalue weighted by Gasteiger charge is -1.99. The molecule has 0 bridgehead atoms. The maximum Gasteiger partial charge on any atom is 0.152 e. The maximum absolute atomic E-state index is 11.8. The molecule has 63 heavy (non-hydrogen) atoms. The molecule has 0 aliphatic rings. The molecular weight excluding hydrogens is 773 g/mol. The van der Waals surface area contributed by atoms with E-state index in [9.17, 15) is 4.79 Å². The Morgan fingerprint density at radius 3 is 1.13 bits per heavy atom. The standard InChI is InChI=1S/C19H12N2O.C19H14N2.C18H12N2.6H2/c22-10-14-18-12-6-2-4-8-16(12)20-17(18)9-13-11-5-1-3-7-15(11)21-19(13)14;1-11-6-7-13-15-10-18-14(9-19(15)21-17(13)8-11)12-4-2-3-5-16(12)20-18;1-3-7-15-11(5-1)13-9-18-14(10-17(13)19-15)12-6-2-4-8-16(12)20-18;;;;;;/h1-10,20-21H;2-10,20-21H,1H3;1-10,19-20H;6*1H. The minimum absolute atomic E-state index is 0. The average molecular weight is 823 g/mol. The maximum atomic E-state index is 11.8. The summed E-state index contributed by atoms with van der Waals surface area (Å²) in [7, 11) is 0. The number of fused-ring (bicyclic) bond motifs is 18. The first-order valence-electron chi connectivity index (χ1n) is 21.3. The predicted octanol–water partition coefficient (Wildman–Crippen LogP) is 16.5. The fourth-order valence-electron chi connectivity index (χ4n) is 10.0. The summed E-state index contributed by atoms with van der Waals surface area (Å²) in [6.45, 7) is 2.13. The molecule has 0 aliphatic heterocycles. The van der Waals surface area contributed by atoms with Crippen molar-refractivity contribution >= 4 is 137 Å². The molecule has 0 atom stereocenters. The fraction of sp³-hybridized carbons (Fsp3) is 0.0179. The van der Waals surface area contributed by atoms with Crippen molar-refractivity contribution in [2.75, 3.05) is 0 Å². The van der Waals surface area contributed by atoms with E-state index in [0.717, 1.165) is 55.5 Å². The number of aldehydes is 1. The molecule has 6 heterocycles. The van der Waals surface area contributed by atoms with E-state index in [1.165, 1.54) is 92.8 Å². The molecule has 6 aromatic heterocycles. The van der Waals surface area contributed by atoms with E-state index < -0.39 is 0 Å². The lowest BCUT2D eigenvalue weighted by molar-refractivity contribution is 0.112. The van der Waals surface area contributed by atoms with Gasteiger partial charge in [0.15, 0.2) is 6.29 Å². The number of aromatic nitrogens is 6. The monoisotopic (exact) mass is 822 g/mol. The number of rotatable bonds is 1. The van der Waals surface area contributed by atoms with E-state index in [1.54, 1.807) is 0 Å². The predicted molar refractivity (Wildman–Crippen MR) is 278 cm³/mol. The fourth-order valence-corrected chi connectivity index (χ4v) is 10.0. The lowest BCUT2D eigenvalue weighted by Crippen LogP contribution is -1.85. The van der Waals surface area contributed by atoms with Gasteiger partial charge in [-0.25, -0.2) is 0 Å². The molecular formula is C56H50N6O. The van der Waals surface area contributed by atoms with Crippen molar-refractivity contribution < 1.29 is 13.4 Å². The number of hydrogen-bond acceptors (Lipinski definition) is 1. The summed E-state index contributed by atoms with van der Waals surface area (Å²) in [6.07, 6.45) is 0.959. The van der Waals surface area contributed by atoms with Crippen LogP contribution in [0, 0.1) is 6.92 Å². The summed E-state index contributed by atoms with van der Waals surface area (Å²) in [5.41, 5.74) is 15.6. The summed E-state index contributed by atoms with van der Waals surface area (Å²) >= 11 is 0. The van der Waals surface area contributed by atoms with E-state index in [4.69, 9.17) is 0 Å². The van der Waals surface area contributed by atoms with Crippen LogP contribution >= 0.6 is 0 Å². The van der Waals surface area contributed by atoms with E-state index in [2.05, 4.69) is 170 Å². The molecule has 6 N–H and O–H groups in total. The third kappa shape index (κ3) is 5.43. The molecule has 7 heteroatoms. The Morgan fingerprint density at radius 2 is 0.651 bits per heavy atom. The molecule has 0 unspecified atom stereocenters. The number of carbonyl (C=O) groups excluding carboxylic acids is 1. The van der Waals surface area contributed by atoms with Gasteiger partial charge in [-0.3, -0.25) is 4.79 Å². The molecule has 9 aromatic carbocycles. The molecule has 7 nitrogen and oxygen atoms in total. The normalized spacial score (nSPS) is 12.0. The molecule has 0 saturated carbocycles. The molecule has 0 aliphatic carbocycles. The zero-order chi connectivity index (χ0) is 41.8. The third-order valence-electron chi connectivity index (χ3n) is 12.9. The van der Waals surface area contributed by atoms with Gasteiger partial charge in [-0.1, -0.05) is 103 Å². The number of aryl methyl sites for hydroxylation is 1. The van der Waals surface area contributed by atoms with Crippen LogP contribution in [-0.2, 0) is 0 Å². The number of H-pyrrole nitrogens is 6. The van der Waals surface area contributed by atoms with Gasteiger partial charge in [-0.05, 0) is 79.2 Å². The van der Waals surface area contributed by atoms with Gasteiger partial charge in [0.1, 0.15) is 0 Å². The second kappa shape index (κ2) is 13.5. The van der Waals surface area contributed by atoms with Gasteiger partial charge in [-0.2, -0.15) is 0 Å². The topological polar surface area (TPSA) is 112 Å². The number of benzene rings is 9. The summed E-state index contributed by atoms with van der Waals surface area (Å²) in [5.74, 6) is 0. The highest BCUT2D eigenvalue weighted by molar-refractivity contribution is 6.25. The second-order valence-corrected chi connectivity index (χ2v) is 16.7. The van der Waals surface area contributed by atoms with Crippen molar-refractivity contribution in [2.45, 2.75) is 6.92 Å². The summed E-state index contributed by atoms with van der Waals surface area (Å²) in [4.78, 5) is 32.7. The summed E-state index contributed by atoms with van der Waals surface area (Å²) in [5, 5.41) is 14.5. The second-order valence-electron chi connectivity index (χ2n) is 16.7. The Bertz CT molecular complexity index is 4250. The Hall–Kier alpha value is -8.55. The minimum atomic E-state index is 0. The number of hydrogen-bond donors (Lipinski definition) is 6. The SMILES string of the molecule is Cc1ccc2c(c1)[nH]c1cc3c(cc12)[nH]c1ccccc13.O=Cc1c2[nH]c3ccccc3c2cc2[nH]c3ccccc3c12.[HH].[HH].[HH].[HH].[HH].[HH].c1ccc2c(c1)[nH]c1cc3c(cc12)[nH]c1ccccc13. The Morgan fingerprint density at radius 1 is 0.317 bits per heavy atom. The van der Waals surface area contributed by atoms with E-state index in [-0.39, 0.29) is 8.56 Å².